The molecule has 0 bridgehead atoms. The van der Waals surface area contributed by atoms with Gasteiger partial charge in [0.25, 0.3) is 0 Å². The van der Waals surface area contributed by atoms with Crippen molar-refractivity contribution < 1.29 is 18.7 Å². The first-order valence-electron chi connectivity index (χ1n) is 12.3. The maximum atomic E-state index is 13.4. The second-order valence-corrected chi connectivity index (χ2v) is 9.14. The molecule has 0 aromatic heterocycles. The minimum absolute atomic E-state index is 0.0801. The summed E-state index contributed by atoms with van der Waals surface area (Å²) < 4.78 is 24.9. The lowest BCUT2D eigenvalue weighted by Gasteiger charge is -2.36. The minimum Gasteiger partial charge on any atom is -0.494 e. The van der Waals surface area contributed by atoms with E-state index < -0.39 is 5.41 Å². The molecule has 0 radical (unpaired) electrons. The Kier molecular flexibility index (Phi) is 8.35. The predicted octanol–water partition coefficient (Wildman–Crippen LogP) is 5.16. The molecule has 2 aromatic carbocycles. The average molecular weight is 455 g/mol. The Bertz CT molecular complexity index is 871. The topological polar surface area (TPSA) is 50.8 Å². The molecule has 5 nitrogen and oxygen atoms in total. The van der Waals surface area contributed by atoms with Gasteiger partial charge in [0.15, 0.2) is 0 Å². The molecule has 2 aliphatic rings. The Morgan fingerprint density at radius 3 is 2.30 bits per heavy atom. The lowest BCUT2D eigenvalue weighted by Crippen LogP contribution is -2.44. The molecule has 6 heteroatoms. The summed E-state index contributed by atoms with van der Waals surface area (Å²) in [6.07, 6.45) is 7.49. The maximum absolute atomic E-state index is 13.4. The van der Waals surface area contributed by atoms with Crippen molar-refractivity contribution in [3.8, 4) is 5.75 Å². The number of hydrogen-bond donors (Lipinski definition) is 1. The number of nitrogens with zero attached hydrogens (tertiary/aromatic N) is 1. The Balaban J connectivity index is 1.30. The van der Waals surface area contributed by atoms with Gasteiger partial charge in [-0.15, -0.1) is 0 Å². The number of hydrogen-bond acceptors (Lipinski definition) is 4. The maximum Gasteiger partial charge on any atom is 0.235 e. The first-order chi connectivity index (χ1) is 16.2. The first-order valence-corrected chi connectivity index (χ1v) is 12.3. The minimum atomic E-state index is -0.714. The fourth-order valence-electron chi connectivity index (χ4n) is 4.86. The number of nitrogens with one attached hydrogen (secondary N) is 1. The van der Waals surface area contributed by atoms with Crippen LogP contribution >= 0.6 is 0 Å². The molecule has 4 rings (SSSR count). The summed E-state index contributed by atoms with van der Waals surface area (Å²) in [5, 5.41) is 3.06. The van der Waals surface area contributed by atoms with Crippen LogP contribution < -0.4 is 10.1 Å². The van der Waals surface area contributed by atoms with Crippen molar-refractivity contribution in [2.24, 2.45) is 0 Å². The van der Waals surface area contributed by atoms with Gasteiger partial charge in [-0.2, -0.15) is 0 Å². The largest absolute Gasteiger partial charge is 0.494 e. The molecule has 0 atom stereocenters. The van der Waals surface area contributed by atoms with E-state index in [0.29, 0.717) is 32.7 Å². The third kappa shape index (κ3) is 6.33. The number of likely N-dealkylation sites (tertiary alicyclic amines) is 1. The third-order valence-electron chi connectivity index (χ3n) is 6.88. The molecule has 0 spiro atoms. The van der Waals surface area contributed by atoms with Crippen molar-refractivity contribution in [2.75, 3.05) is 44.8 Å². The van der Waals surface area contributed by atoms with Crippen LogP contribution in [0.15, 0.2) is 48.5 Å². The smallest absolute Gasteiger partial charge is 0.235 e. The van der Waals surface area contributed by atoms with E-state index in [1.807, 2.05) is 24.3 Å². The number of halogens is 1. The molecule has 0 aliphatic carbocycles. The van der Waals surface area contributed by atoms with E-state index in [1.54, 1.807) is 12.1 Å². The van der Waals surface area contributed by atoms with Gasteiger partial charge in [-0.1, -0.05) is 25.0 Å². The highest BCUT2D eigenvalue weighted by Gasteiger charge is 2.41. The second kappa shape index (κ2) is 11.6. The van der Waals surface area contributed by atoms with Gasteiger partial charge in [0.1, 0.15) is 11.6 Å². The Morgan fingerprint density at radius 1 is 0.970 bits per heavy atom. The molecular weight excluding hydrogens is 419 g/mol. The first kappa shape index (κ1) is 23.7. The lowest BCUT2D eigenvalue weighted by atomic mass is 9.73. The molecule has 1 N–H and O–H groups in total. The van der Waals surface area contributed by atoms with Gasteiger partial charge in [0.05, 0.1) is 12.0 Å². The van der Waals surface area contributed by atoms with Crippen molar-refractivity contribution in [1.82, 2.24) is 4.90 Å². The van der Waals surface area contributed by atoms with Gasteiger partial charge < -0.3 is 19.7 Å². The Labute approximate surface area is 196 Å². The summed E-state index contributed by atoms with van der Waals surface area (Å²) in [5.41, 5.74) is 0.841. The number of anilines is 1. The summed E-state index contributed by atoms with van der Waals surface area (Å²) in [4.78, 5) is 15.9. The fourth-order valence-corrected chi connectivity index (χ4v) is 4.86. The zero-order valence-corrected chi connectivity index (χ0v) is 19.4. The third-order valence-corrected chi connectivity index (χ3v) is 6.88. The van der Waals surface area contributed by atoms with Crippen LogP contribution in [0.3, 0.4) is 0 Å². The number of rotatable bonds is 8. The van der Waals surface area contributed by atoms with Gasteiger partial charge in [0, 0.05) is 25.4 Å². The van der Waals surface area contributed by atoms with Crippen molar-refractivity contribution in [3.63, 3.8) is 0 Å². The van der Waals surface area contributed by atoms with E-state index in [1.165, 1.54) is 50.9 Å². The summed E-state index contributed by atoms with van der Waals surface area (Å²) in [6, 6.07) is 13.8. The van der Waals surface area contributed by atoms with Crippen LogP contribution in [-0.4, -0.2) is 50.3 Å². The van der Waals surface area contributed by atoms with E-state index in [-0.39, 0.29) is 11.7 Å². The monoisotopic (exact) mass is 454 g/mol. The van der Waals surface area contributed by atoms with Crippen LogP contribution in [0.4, 0.5) is 10.1 Å². The summed E-state index contributed by atoms with van der Waals surface area (Å²) in [7, 11) is 0. The molecule has 2 aliphatic heterocycles. The lowest BCUT2D eigenvalue weighted by molar-refractivity contribution is -0.125. The van der Waals surface area contributed by atoms with Crippen LogP contribution in [0.1, 0.15) is 50.5 Å². The number of carbonyl (C=O) groups is 1. The Morgan fingerprint density at radius 2 is 1.64 bits per heavy atom. The van der Waals surface area contributed by atoms with Gasteiger partial charge in [0.2, 0.25) is 5.91 Å². The van der Waals surface area contributed by atoms with Crippen LogP contribution in [-0.2, 0) is 14.9 Å². The SMILES string of the molecule is O=C(Nc1ccc(OCCCN2CCCCCC2)cc1)C1(c2ccc(F)cc2)CCOCC1. The molecule has 0 saturated carbocycles. The van der Waals surface area contributed by atoms with Crippen molar-refractivity contribution in [3.05, 3.63) is 59.9 Å². The zero-order chi connectivity index (χ0) is 22.9. The predicted molar refractivity (Wildman–Crippen MR) is 128 cm³/mol. The van der Waals surface area contributed by atoms with E-state index in [9.17, 15) is 9.18 Å². The summed E-state index contributed by atoms with van der Waals surface area (Å²) in [6.45, 7) is 5.21. The van der Waals surface area contributed by atoms with Crippen LogP contribution in [0, 0.1) is 5.82 Å². The van der Waals surface area contributed by atoms with Crippen molar-refractivity contribution in [2.45, 2.75) is 50.4 Å². The van der Waals surface area contributed by atoms with Crippen molar-refractivity contribution >= 4 is 11.6 Å². The summed E-state index contributed by atoms with van der Waals surface area (Å²) >= 11 is 0. The van der Waals surface area contributed by atoms with E-state index >= 15 is 0 Å². The molecule has 0 unspecified atom stereocenters. The summed E-state index contributed by atoms with van der Waals surface area (Å²) in [5.74, 6) is 0.426. The molecular formula is C27H35FN2O3. The van der Waals surface area contributed by atoms with Gasteiger partial charge >= 0.3 is 0 Å². The van der Waals surface area contributed by atoms with Crippen molar-refractivity contribution in [1.29, 1.82) is 0 Å². The van der Waals surface area contributed by atoms with Crippen LogP contribution in [0.2, 0.25) is 0 Å². The highest BCUT2D eigenvalue weighted by Crippen LogP contribution is 2.36. The van der Waals surface area contributed by atoms with E-state index in [0.717, 1.165) is 30.0 Å². The average Bonchev–Trinajstić information content (AvgIpc) is 3.12. The molecule has 2 saturated heterocycles. The highest BCUT2D eigenvalue weighted by molar-refractivity contribution is 5.99. The second-order valence-electron chi connectivity index (χ2n) is 9.14. The molecule has 33 heavy (non-hydrogen) atoms. The molecule has 178 valence electrons. The number of carbonyl (C=O) groups excluding carboxylic acids is 1. The number of ether oxygens (including phenoxy) is 2. The van der Waals surface area contributed by atoms with E-state index in [4.69, 9.17) is 9.47 Å². The standard InChI is InChI=1S/C27H35FN2O3/c28-23-8-6-22(7-9-23)27(14-20-32-21-15-27)26(31)29-24-10-12-25(13-11-24)33-19-5-18-30-16-3-1-2-4-17-30/h6-13H,1-5,14-21H2,(H,29,31). The quantitative estimate of drug-likeness (QED) is 0.560. The van der Waals surface area contributed by atoms with Crippen LogP contribution in [0.5, 0.6) is 5.75 Å². The Hall–Kier alpha value is -2.44. The zero-order valence-electron chi connectivity index (χ0n) is 19.4. The molecule has 2 fully saturated rings. The number of benzene rings is 2. The normalized spacial score (nSPS) is 18.9. The highest BCUT2D eigenvalue weighted by atomic mass is 19.1. The number of amides is 1. The van der Waals surface area contributed by atoms with Gasteiger partial charge in [-0.3, -0.25) is 4.79 Å². The molecule has 1 amide bonds. The van der Waals surface area contributed by atoms with Gasteiger partial charge in [-0.25, -0.2) is 4.39 Å². The fraction of sp³-hybridized carbons (Fsp3) is 0.519. The molecule has 2 aromatic rings. The van der Waals surface area contributed by atoms with Gasteiger partial charge in [-0.05, 0) is 87.2 Å². The van der Waals surface area contributed by atoms with E-state index in [2.05, 4.69) is 10.2 Å². The molecule has 2 heterocycles. The van der Waals surface area contributed by atoms with Crippen LogP contribution in [0.25, 0.3) is 0 Å².